The van der Waals surface area contributed by atoms with Crippen LogP contribution in [-0.2, 0) is 24.2 Å². The molecule has 1 aromatic carbocycles. The average Bonchev–Trinajstić information content (AvgIpc) is 2.55. The zero-order valence-electron chi connectivity index (χ0n) is 16.0. The van der Waals surface area contributed by atoms with Crippen LogP contribution in [0.5, 0.6) is 0 Å². The van der Waals surface area contributed by atoms with Gasteiger partial charge < -0.3 is 20.1 Å². The van der Waals surface area contributed by atoms with Crippen molar-refractivity contribution in [3.8, 4) is 0 Å². The average molecular weight is 348 g/mol. The molecule has 1 amide bonds. The number of rotatable bonds is 6. The number of amides is 1. The predicted molar refractivity (Wildman–Crippen MR) is 99.4 cm³/mol. The lowest BCUT2D eigenvalue weighted by Crippen LogP contribution is -2.46. The summed E-state index contributed by atoms with van der Waals surface area (Å²) in [5.74, 6) is 0. The first-order valence-corrected chi connectivity index (χ1v) is 9.26. The fourth-order valence-corrected chi connectivity index (χ4v) is 3.15. The summed E-state index contributed by atoms with van der Waals surface area (Å²) < 4.78 is 5.58. The molecule has 25 heavy (non-hydrogen) atoms. The van der Waals surface area contributed by atoms with E-state index in [1.165, 1.54) is 16.7 Å². The fourth-order valence-electron chi connectivity index (χ4n) is 3.15. The van der Waals surface area contributed by atoms with Gasteiger partial charge in [-0.2, -0.15) is 0 Å². The van der Waals surface area contributed by atoms with E-state index in [4.69, 9.17) is 9.84 Å². The number of ether oxygens (including phenoxy) is 1. The first-order chi connectivity index (χ1) is 11.8. The van der Waals surface area contributed by atoms with E-state index in [2.05, 4.69) is 30.4 Å². The van der Waals surface area contributed by atoms with Crippen molar-refractivity contribution in [2.75, 3.05) is 13.2 Å². The number of hydrogen-bond acceptors (Lipinski definition) is 4. The van der Waals surface area contributed by atoms with Crippen molar-refractivity contribution in [2.24, 2.45) is 0 Å². The fraction of sp³-hybridized carbons (Fsp3) is 0.650. The van der Waals surface area contributed by atoms with Crippen LogP contribution >= 0.6 is 0 Å². The van der Waals surface area contributed by atoms with Crippen LogP contribution in [0.25, 0.3) is 0 Å². The van der Waals surface area contributed by atoms with Crippen molar-refractivity contribution < 1.29 is 14.6 Å². The number of nitrogens with one attached hydrogen (secondary N) is 1. The molecule has 1 unspecified atom stereocenters. The van der Waals surface area contributed by atoms with Crippen LogP contribution in [0.15, 0.2) is 18.2 Å². The lowest BCUT2D eigenvalue weighted by Gasteiger charge is -2.37. The van der Waals surface area contributed by atoms with Crippen molar-refractivity contribution in [3.63, 3.8) is 0 Å². The van der Waals surface area contributed by atoms with Crippen LogP contribution in [0, 0.1) is 0 Å². The molecular weight excluding hydrogens is 316 g/mol. The normalized spacial score (nSPS) is 17.3. The highest BCUT2D eigenvalue weighted by Crippen LogP contribution is 2.27. The molecule has 140 valence electrons. The minimum Gasteiger partial charge on any atom is -0.444 e. The van der Waals surface area contributed by atoms with Crippen LogP contribution < -0.4 is 5.32 Å². The number of aliphatic hydroxyl groups is 1. The summed E-state index contributed by atoms with van der Waals surface area (Å²) in [7, 11) is 0. The van der Waals surface area contributed by atoms with E-state index in [1.54, 1.807) is 0 Å². The van der Waals surface area contributed by atoms with E-state index in [0.29, 0.717) is 6.54 Å². The molecule has 0 saturated carbocycles. The quantitative estimate of drug-likeness (QED) is 0.775. The number of fused-ring (bicyclic) bond motifs is 1. The van der Waals surface area contributed by atoms with Crippen molar-refractivity contribution in [1.29, 1.82) is 0 Å². The van der Waals surface area contributed by atoms with Crippen molar-refractivity contribution in [2.45, 2.75) is 71.7 Å². The van der Waals surface area contributed by atoms with Gasteiger partial charge in [0.15, 0.2) is 0 Å². The largest absolute Gasteiger partial charge is 0.444 e. The van der Waals surface area contributed by atoms with Gasteiger partial charge in [0, 0.05) is 25.7 Å². The first kappa shape index (κ1) is 19.7. The minimum absolute atomic E-state index is 0.181. The molecule has 1 aliphatic heterocycles. The molecule has 0 spiro atoms. The standard InChI is InChI=1S/C20H32N2O3/c1-5-18-12-17-11-15(13-21-9-6-10-23)7-8-16(17)14-22(18)19(24)25-20(2,3)4/h7-8,11,18,21,23H,5-6,9-10,12-14H2,1-4H3. The maximum Gasteiger partial charge on any atom is 0.410 e. The number of hydrogen-bond donors (Lipinski definition) is 2. The van der Waals surface area contributed by atoms with Crippen molar-refractivity contribution >= 4 is 6.09 Å². The van der Waals surface area contributed by atoms with Crippen LogP contribution in [0.2, 0.25) is 0 Å². The van der Waals surface area contributed by atoms with Crippen molar-refractivity contribution in [1.82, 2.24) is 10.2 Å². The number of benzene rings is 1. The maximum atomic E-state index is 12.5. The molecule has 0 aromatic heterocycles. The molecule has 1 heterocycles. The number of carbonyl (C=O) groups is 1. The molecule has 0 aliphatic carbocycles. The van der Waals surface area contributed by atoms with Gasteiger partial charge in [-0.3, -0.25) is 0 Å². The molecule has 5 heteroatoms. The zero-order valence-corrected chi connectivity index (χ0v) is 16.0. The van der Waals surface area contributed by atoms with Crippen LogP contribution in [0.1, 0.15) is 57.2 Å². The molecule has 0 radical (unpaired) electrons. The van der Waals surface area contributed by atoms with Gasteiger partial charge in [0.25, 0.3) is 0 Å². The molecule has 0 bridgehead atoms. The van der Waals surface area contributed by atoms with E-state index >= 15 is 0 Å². The van der Waals surface area contributed by atoms with E-state index in [-0.39, 0.29) is 18.7 Å². The Balaban J connectivity index is 2.07. The Hall–Kier alpha value is -1.59. The van der Waals surface area contributed by atoms with Crippen molar-refractivity contribution in [3.05, 3.63) is 34.9 Å². The molecule has 5 nitrogen and oxygen atoms in total. The number of nitrogens with zero attached hydrogens (tertiary/aromatic N) is 1. The molecule has 0 fully saturated rings. The monoisotopic (exact) mass is 348 g/mol. The molecule has 1 aliphatic rings. The summed E-state index contributed by atoms with van der Waals surface area (Å²) in [6.45, 7) is 10.3. The Morgan fingerprint density at radius 2 is 2.12 bits per heavy atom. The second-order valence-electron chi connectivity index (χ2n) is 7.73. The summed E-state index contributed by atoms with van der Waals surface area (Å²) >= 11 is 0. The molecule has 1 atom stereocenters. The Bertz CT molecular complexity index is 581. The summed E-state index contributed by atoms with van der Waals surface area (Å²) in [6, 6.07) is 6.67. The Morgan fingerprint density at radius 3 is 2.76 bits per heavy atom. The number of aliphatic hydroxyl groups excluding tert-OH is 1. The highest BCUT2D eigenvalue weighted by atomic mass is 16.6. The van der Waals surface area contributed by atoms with Gasteiger partial charge in [-0.1, -0.05) is 25.1 Å². The lowest BCUT2D eigenvalue weighted by molar-refractivity contribution is 0.0115. The molecule has 1 aromatic rings. The van der Waals surface area contributed by atoms with E-state index < -0.39 is 5.60 Å². The SMILES string of the molecule is CCC1Cc2cc(CNCCCO)ccc2CN1C(=O)OC(C)(C)C. The summed E-state index contributed by atoms with van der Waals surface area (Å²) in [4.78, 5) is 14.4. The minimum atomic E-state index is -0.472. The Morgan fingerprint density at radius 1 is 1.36 bits per heavy atom. The smallest absolute Gasteiger partial charge is 0.410 e. The first-order valence-electron chi connectivity index (χ1n) is 9.26. The van der Waals surface area contributed by atoms with Gasteiger partial charge >= 0.3 is 6.09 Å². The summed E-state index contributed by atoms with van der Waals surface area (Å²) in [5.41, 5.74) is 3.31. The maximum absolute atomic E-state index is 12.5. The van der Waals surface area contributed by atoms with Crippen LogP contribution in [0.4, 0.5) is 4.79 Å². The zero-order chi connectivity index (χ0) is 18.4. The second-order valence-corrected chi connectivity index (χ2v) is 7.73. The van der Waals surface area contributed by atoms with Gasteiger partial charge in [0.2, 0.25) is 0 Å². The molecule has 0 saturated heterocycles. The van der Waals surface area contributed by atoms with E-state index in [9.17, 15) is 4.79 Å². The van der Waals surface area contributed by atoms with E-state index in [0.717, 1.165) is 32.4 Å². The Kier molecular flexibility index (Phi) is 6.85. The molecule has 2 rings (SSSR count). The highest BCUT2D eigenvalue weighted by Gasteiger charge is 2.31. The van der Waals surface area contributed by atoms with Crippen LogP contribution in [0.3, 0.4) is 0 Å². The van der Waals surface area contributed by atoms with Crippen LogP contribution in [-0.4, -0.2) is 40.9 Å². The Labute approximate surface area is 151 Å². The third-order valence-electron chi connectivity index (χ3n) is 4.45. The van der Waals surface area contributed by atoms with Gasteiger partial charge in [0.05, 0.1) is 0 Å². The molecular formula is C20H32N2O3. The highest BCUT2D eigenvalue weighted by molar-refractivity contribution is 5.69. The lowest BCUT2D eigenvalue weighted by atomic mass is 9.91. The number of carbonyl (C=O) groups excluding carboxylic acids is 1. The third kappa shape index (κ3) is 5.72. The van der Waals surface area contributed by atoms with Gasteiger partial charge in [-0.05, 0) is 63.3 Å². The summed E-state index contributed by atoms with van der Waals surface area (Å²) in [5, 5.41) is 12.2. The molecule has 2 N–H and O–H groups in total. The second kappa shape index (κ2) is 8.68. The predicted octanol–water partition coefficient (Wildman–Crippen LogP) is 3.23. The topological polar surface area (TPSA) is 61.8 Å². The van der Waals surface area contributed by atoms with E-state index in [1.807, 2.05) is 25.7 Å². The van der Waals surface area contributed by atoms with Gasteiger partial charge in [-0.15, -0.1) is 0 Å². The van der Waals surface area contributed by atoms with Gasteiger partial charge in [0.1, 0.15) is 5.60 Å². The van der Waals surface area contributed by atoms with Gasteiger partial charge in [-0.25, -0.2) is 4.79 Å². The third-order valence-corrected chi connectivity index (χ3v) is 4.45. The summed E-state index contributed by atoms with van der Waals surface area (Å²) in [6.07, 6.45) is 2.33.